The van der Waals surface area contributed by atoms with Crippen LogP contribution in [0, 0.1) is 0 Å². The highest BCUT2D eigenvalue weighted by Gasteiger charge is 2.19. The SMILES string of the molecule is O=C(OCc1ccc(Cl)cc1Cl)SC(Cn1ccnc1)c1ccc(Cl)cc1. The van der Waals surface area contributed by atoms with Crippen molar-refractivity contribution in [2.24, 2.45) is 0 Å². The predicted molar refractivity (Wildman–Crippen MR) is 111 cm³/mol. The zero-order valence-corrected chi connectivity index (χ0v) is 17.1. The van der Waals surface area contributed by atoms with Crippen molar-refractivity contribution in [2.45, 2.75) is 18.4 Å². The summed E-state index contributed by atoms with van der Waals surface area (Å²) in [7, 11) is 0. The molecular weight excluding hydrogens is 427 g/mol. The minimum Gasteiger partial charge on any atom is -0.453 e. The Labute approximate surface area is 176 Å². The first-order valence-corrected chi connectivity index (χ1v) is 10.0. The molecule has 0 radical (unpaired) electrons. The van der Waals surface area contributed by atoms with Gasteiger partial charge in [0.15, 0.2) is 0 Å². The van der Waals surface area contributed by atoms with E-state index in [0.717, 1.165) is 17.3 Å². The maximum absolute atomic E-state index is 12.4. The molecule has 0 spiro atoms. The summed E-state index contributed by atoms with van der Waals surface area (Å²) in [5.74, 6) is 0. The summed E-state index contributed by atoms with van der Waals surface area (Å²) in [6, 6.07) is 12.5. The Morgan fingerprint density at radius 2 is 1.85 bits per heavy atom. The van der Waals surface area contributed by atoms with E-state index in [1.54, 1.807) is 42.9 Å². The van der Waals surface area contributed by atoms with E-state index in [-0.39, 0.29) is 17.2 Å². The van der Waals surface area contributed by atoms with Gasteiger partial charge in [0.05, 0.1) is 11.6 Å². The van der Waals surface area contributed by atoms with Crippen LogP contribution in [0.3, 0.4) is 0 Å². The lowest BCUT2D eigenvalue weighted by atomic mass is 10.1. The fourth-order valence-corrected chi connectivity index (χ4v) is 3.89. The largest absolute Gasteiger partial charge is 0.453 e. The van der Waals surface area contributed by atoms with Crippen molar-refractivity contribution in [3.05, 3.63) is 87.4 Å². The normalized spacial score (nSPS) is 12.0. The summed E-state index contributed by atoms with van der Waals surface area (Å²) in [4.78, 5) is 16.4. The van der Waals surface area contributed by atoms with E-state index >= 15 is 0 Å². The third kappa shape index (κ3) is 5.91. The summed E-state index contributed by atoms with van der Waals surface area (Å²) in [6.45, 7) is 0.656. The van der Waals surface area contributed by atoms with Crippen molar-refractivity contribution in [3.8, 4) is 0 Å². The molecule has 3 rings (SSSR count). The summed E-state index contributed by atoms with van der Waals surface area (Å²) < 4.78 is 7.30. The molecule has 1 atom stereocenters. The molecule has 0 amide bonds. The number of hydrogen-bond donors (Lipinski definition) is 0. The smallest absolute Gasteiger partial charge is 0.368 e. The molecule has 27 heavy (non-hydrogen) atoms. The molecule has 0 aliphatic rings. The second-order valence-corrected chi connectivity index (χ2v) is 8.11. The second kappa shape index (κ2) is 9.51. The van der Waals surface area contributed by atoms with Crippen molar-refractivity contribution in [1.29, 1.82) is 0 Å². The third-order valence-electron chi connectivity index (χ3n) is 3.78. The average Bonchev–Trinajstić information content (AvgIpc) is 3.14. The molecule has 1 heterocycles. The monoisotopic (exact) mass is 440 g/mol. The molecule has 3 aromatic rings. The molecule has 1 aromatic heterocycles. The van der Waals surface area contributed by atoms with Gasteiger partial charge < -0.3 is 9.30 Å². The van der Waals surface area contributed by atoms with Gasteiger partial charge in [-0.05, 0) is 41.6 Å². The summed E-state index contributed by atoms with van der Waals surface area (Å²) >= 11 is 19.1. The summed E-state index contributed by atoms with van der Waals surface area (Å²) in [5, 5.41) is 1.11. The number of nitrogens with zero attached hydrogens (tertiary/aromatic N) is 2. The minimum atomic E-state index is -0.388. The van der Waals surface area contributed by atoms with E-state index in [2.05, 4.69) is 4.98 Å². The maximum atomic E-state index is 12.4. The number of rotatable bonds is 6. The van der Waals surface area contributed by atoms with Crippen LogP contribution in [-0.4, -0.2) is 14.9 Å². The van der Waals surface area contributed by atoms with E-state index in [1.165, 1.54) is 0 Å². The number of thioether (sulfide) groups is 1. The van der Waals surface area contributed by atoms with Gasteiger partial charge >= 0.3 is 5.30 Å². The zero-order valence-electron chi connectivity index (χ0n) is 14.0. The first kappa shape index (κ1) is 20.1. The van der Waals surface area contributed by atoms with Gasteiger partial charge in [0, 0.05) is 39.6 Å². The van der Waals surface area contributed by atoms with Crippen molar-refractivity contribution >= 4 is 51.9 Å². The Hall–Kier alpha value is -1.66. The molecule has 1 unspecified atom stereocenters. The van der Waals surface area contributed by atoms with Crippen molar-refractivity contribution in [2.75, 3.05) is 0 Å². The molecule has 0 aliphatic carbocycles. The van der Waals surface area contributed by atoms with Crippen molar-refractivity contribution in [1.82, 2.24) is 9.55 Å². The van der Waals surface area contributed by atoms with Crippen LogP contribution >= 0.6 is 46.6 Å². The van der Waals surface area contributed by atoms with Gasteiger partial charge in [-0.15, -0.1) is 0 Å². The third-order valence-corrected chi connectivity index (χ3v) is 5.63. The molecule has 140 valence electrons. The molecule has 8 heteroatoms. The van der Waals surface area contributed by atoms with Crippen molar-refractivity contribution < 1.29 is 9.53 Å². The number of imidazole rings is 1. The predicted octanol–water partition coefficient (Wildman–Crippen LogP) is 6.65. The zero-order chi connectivity index (χ0) is 19.2. The number of halogens is 3. The minimum absolute atomic E-state index is 0.0836. The van der Waals surface area contributed by atoms with Crippen LogP contribution in [0.15, 0.2) is 61.2 Å². The van der Waals surface area contributed by atoms with Crippen molar-refractivity contribution in [3.63, 3.8) is 0 Å². The van der Waals surface area contributed by atoms with Gasteiger partial charge in [-0.3, -0.25) is 0 Å². The standard InChI is InChI=1S/C19H15Cl3N2O2S/c20-15-4-1-13(2-5-15)18(10-24-8-7-23-12-24)27-19(25)26-11-14-3-6-16(21)9-17(14)22/h1-9,12,18H,10-11H2. The Bertz CT molecular complexity index is 902. The number of hydrogen-bond acceptors (Lipinski definition) is 4. The highest BCUT2D eigenvalue weighted by molar-refractivity contribution is 8.13. The molecule has 4 nitrogen and oxygen atoms in total. The van der Waals surface area contributed by atoms with Gasteiger partial charge in [-0.25, -0.2) is 9.78 Å². The number of carbonyl (C=O) groups is 1. The summed E-state index contributed by atoms with van der Waals surface area (Å²) in [6.07, 6.45) is 5.26. The number of carbonyl (C=O) groups excluding carboxylic acids is 1. The van der Waals surface area contributed by atoms with Crippen LogP contribution in [0.25, 0.3) is 0 Å². The van der Waals surface area contributed by atoms with Gasteiger partial charge in [0.2, 0.25) is 0 Å². The highest BCUT2D eigenvalue weighted by atomic mass is 35.5. The lowest BCUT2D eigenvalue weighted by Gasteiger charge is -2.17. The first-order chi connectivity index (χ1) is 13.0. The highest BCUT2D eigenvalue weighted by Crippen LogP contribution is 2.33. The van der Waals surface area contributed by atoms with Crippen LogP contribution in [0.1, 0.15) is 16.4 Å². The van der Waals surface area contributed by atoms with Crippen LogP contribution in [0.5, 0.6) is 0 Å². The van der Waals surface area contributed by atoms with E-state index in [0.29, 0.717) is 27.2 Å². The van der Waals surface area contributed by atoms with Gasteiger partial charge in [0.25, 0.3) is 0 Å². The molecule has 0 fully saturated rings. The van der Waals surface area contributed by atoms with E-state index in [1.807, 2.05) is 22.9 Å². The molecule has 2 aromatic carbocycles. The summed E-state index contributed by atoms with van der Waals surface area (Å²) in [5.41, 5.74) is 1.67. The average molecular weight is 442 g/mol. The van der Waals surface area contributed by atoms with E-state index in [4.69, 9.17) is 39.5 Å². The molecular formula is C19H15Cl3N2O2S. The lowest BCUT2D eigenvalue weighted by Crippen LogP contribution is -2.09. The Balaban J connectivity index is 1.67. The second-order valence-electron chi connectivity index (χ2n) is 5.69. The van der Waals surface area contributed by atoms with Gasteiger partial charge in [0.1, 0.15) is 6.61 Å². The lowest BCUT2D eigenvalue weighted by molar-refractivity contribution is 0.168. The fraction of sp³-hybridized carbons (Fsp3) is 0.158. The Morgan fingerprint density at radius 3 is 2.52 bits per heavy atom. The quantitative estimate of drug-likeness (QED) is 0.401. The molecule has 0 saturated heterocycles. The Morgan fingerprint density at radius 1 is 1.11 bits per heavy atom. The van der Waals surface area contributed by atoms with Crippen LogP contribution < -0.4 is 0 Å². The first-order valence-electron chi connectivity index (χ1n) is 8.00. The van der Waals surface area contributed by atoms with E-state index < -0.39 is 0 Å². The van der Waals surface area contributed by atoms with Gasteiger partial charge in [-0.1, -0.05) is 53.0 Å². The fourth-order valence-electron chi connectivity index (χ4n) is 2.40. The topological polar surface area (TPSA) is 44.1 Å². The molecule has 0 bridgehead atoms. The van der Waals surface area contributed by atoms with E-state index in [9.17, 15) is 4.79 Å². The number of benzene rings is 2. The molecule has 0 saturated carbocycles. The number of ether oxygens (including phenoxy) is 1. The Kier molecular flexibility index (Phi) is 7.07. The van der Waals surface area contributed by atoms with Crippen LogP contribution in [0.4, 0.5) is 4.79 Å². The van der Waals surface area contributed by atoms with Crippen LogP contribution in [-0.2, 0) is 17.9 Å². The maximum Gasteiger partial charge on any atom is 0.368 e. The molecule has 0 aliphatic heterocycles. The molecule has 0 N–H and O–H groups in total. The van der Waals surface area contributed by atoms with Gasteiger partial charge in [-0.2, -0.15) is 0 Å². The number of aromatic nitrogens is 2. The van der Waals surface area contributed by atoms with Crippen LogP contribution in [0.2, 0.25) is 15.1 Å².